The van der Waals surface area contributed by atoms with Gasteiger partial charge in [-0.3, -0.25) is 9.59 Å². The van der Waals surface area contributed by atoms with E-state index in [9.17, 15) is 9.59 Å². The predicted molar refractivity (Wildman–Crippen MR) is 31.6 cm³/mol. The SMILES string of the molecule is CC1=CC=[C]C(=O)C1=O. The van der Waals surface area contributed by atoms with Crippen molar-refractivity contribution >= 4 is 11.6 Å². The second-order valence-corrected chi connectivity index (χ2v) is 1.82. The Hall–Kier alpha value is -1.18. The van der Waals surface area contributed by atoms with Gasteiger partial charge in [0.1, 0.15) is 0 Å². The van der Waals surface area contributed by atoms with E-state index >= 15 is 0 Å². The van der Waals surface area contributed by atoms with Crippen LogP contribution in [0, 0.1) is 6.08 Å². The molecule has 2 nitrogen and oxygen atoms in total. The number of allylic oxidation sites excluding steroid dienone is 4. The Morgan fingerprint density at radius 1 is 1.44 bits per heavy atom. The van der Waals surface area contributed by atoms with Crippen molar-refractivity contribution in [1.29, 1.82) is 0 Å². The van der Waals surface area contributed by atoms with Gasteiger partial charge in [-0.1, -0.05) is 6.08 Å². The Balaban J connectivity index is 3.00. The van der Waals surface area contributed by atoms with Crippen LogP contribution in [0.1, 0.15) is 6.92 Å². The highest BCUT2D eigenvalue weighted by molar-refractivity contribution is 6.46. The van der Waals surface area contributed by atoms with Gasteiger partial charge in [0.15, 0.2) is 0 Å². The molecule has 1 aliphatic rings. The van der Waals surface area contributed by atoms with E-state index < -0.39 is 11.6 Å². The molecule has 0 aromatic heterocycles. The average molecular weight is 121 g/mol. The van der Waals surface area contributed by atoms with Crippen LogP contribution in [0.25, 0.3) is 0 Å². The number of carbonyl (C=O) groups is 2. The van der Waals surface area contributed by atoms with Crippen LogP contribution < -0.4 is 0 Å². The van der Waals surface area contributed by atoms with Gasteiger partial charge < -0.3 is 0 Å². The van der Waals surface area contributed by atoms with Crippen LogP contribution in [0.5, 0.6) is 0 Å². The molecule has 0 saturated carbocycles. The molecule has 0 N–H and O–H groups in total. The fourth-order valence-corrected chi connectivity index (χ4v) is 0.563. The lowest BCUT2D eigenvalue weighted by atomic mass is 10.0. The molecule has 1 aliphatic carbocycles. The first-order valence-electron chi connectivity index (χ1n) is 2.57. The number of ketones is 2. The summed E-state index contributed by atoms with van der Waals surface area (Å²) in [4.78, 5) is 21.1. The van der Waals surface area contributed by atoms with Crippen molar-refractivity contribution in [3.8, 4) is 0 Å². The maximum atomic E-state index is 10.6. The zero-order chi connectivity index (χ0) is 6.85. The van der Waals surface area contributed by atoms with Crippen LogP contribution in [0.4, 0.5) is 0 Å². The highest BCUT2D eigenvalue weighted by atomic mass is 16.2. The molecule has 0 saturated heterocycles. The maximum Gasteiger partial charge on any atom is 0.233 e. The molecule has 0 amide bonds. The molecular weight excluding hydrogens is 116 g/mol. The molecule has 0 atom stereocenters. The number of hydrogen-bond donors (Lipinski definition) is 0. The first-order chi connectivity index (χ1) is 4.22. The molecule has 45 valence electrons. The lowest BCUT2D eigenvalue weighted by molar-refractivity contribution is -0.132. The van der Waals surface area contributed by atoms with Crippen molar-refractivity contribution in [3.05, 3.63) is 23.8 Å². The highest BCUT2D eigenvalue weighted by Crippen LogP contribution is 2.01. The smallest absolute Gasteiger partial charge is 0.233 e. The third kappa shape index (κ3) is 0.964. The van der Waals surface area contributed by atoms with Gasteiger partial charge in [-0.05, 0) is 13.0 Å². The van der Waals surface area contributed by atoms with Crippen LogP contribution in [0.15, 0.2) is 17.7 Å². The van der Waals surface area contributed by atoms with Crippen LogP contribution in [0.2, 0.25) is 0 Å². The molecule has 1 radical (unpaired) electrons. The molecule has 0 aromatic rings. The van der Waals surface area contributed by atoms with E-state index in [1.165, 1.54) is 6.08 Å². The van der Waals surface area contributed by atoms with Crippen molar-refractivity contribution in [1.82, 2.24) is 0 Å². The number of Topliss-reactive ketones (excluding diaryl/α,β-unsaturated/α-hetero) is 2. The standard InChI is InChI=1S/C7H5O2/c1-5-3-2-4-6(8)7(5)9/h2-3H,1H3. The molecule has 0 spiro atoms. The Kier molecular flexibility index (Phi) is 1.30. The summed E-state index contributed by atoms with van der Waals surface area (Å²) in [5, 5.41) is 0. The molecular formula is C7H5O2. The van der Waals surface area contributed by atoms with E-state index in [2.05, 4.69) is 6.08 Å². The van der Waals surface area contributed by atoms with Crippen LogP contribution in [-0.2, 0) is 9.59 Å². The zero-order valence-electron chi connectivity index (χ0n) is 4.97. The fraction of sp³-hybridized carbons (Fsp3) is 0.143. The van der Waals surface area contributed by atoms with E-state index in [4.69, 9.17) is 0 Å². The molecule has 9 heavy (non-hydrogen) atoms. The van der Waals surface area contributed by atoms with E-state index in [0.29, 0.717) is 5.57 Å². The van der Waals surface area contributed by atoms with Gasteiger partial charge in [-0.25, -0.2) is 0 Å². The highest BCUT2D eigenvalue weighted by Gasteiger charge is 2.14. The maximum absolute atomic E-state index is 10.6. The van der Waals surface area contributed by atoms with E-state index in [-0.39, 0.29) is 0 Å². The van der Waals surface area contributed by atoms with Gasteiger partial charge in [-0.2, -0.15) is 0 Å². The molecule has 0 aliphatic heterocycles. The second-order valence-electron chi connectivity index (χ2n) is 1.82. The van der Waals surface area contributed by atoms with Crippen molar-refractivity contribution in [2.24, 2.45) is 0 Å². The summed E-state index contributed by atoms with van der Waals surface area (Å²) in [5.41, 5.74) is 0.485. The fourth-order valence-electron chi connectivity index (χ4n) is 0.563. The van der Waals surface area contributed by atoms with Gasteiger partial charge in [0, 0.05) is 11.6 Å². The van der Waals surface area contributed by atoms with Crippen molar-refractivity contribution in [2.45, 2.75) is 6.92 Å². The normalized spacial score (nSPS) is 18.1. The van der Waals surface area contributed by atoms with Crippen LogP contribution in [-0.4, -0.2) is 11.6 Å². The minimum atomic E-state index is -0.546. The summed E-state index contributed by atoms with van der Waals surface area (Å²) in [7, 11) is 0. The Morgan fingerprint density at radius 2 is 2.11 bits per heavy atom. The molecule has 0 aromatic carbocycles. The first kappa shape index (κ1) is 5.95. The van der Waals surface area contributed by atoms with Gasteiger partial charge in [0.2, 0.25) is 11.6 Å². The number of hydrogen-bond acceptors (Lipinski definition) is 2. The summed E-state index contributed by atoms with van der Waals surface area (Å²) >= 11 is 0. The Bertz CT molecular complexity index is 221. The Labute approximate surface area is 52.9 Å². The van der Waals surface area contributed by atoms with E-state index in [1.54, 1.807) is 13.0 Å². The second kappa shape index (κ2) is 1.97. The summed E-state index contributed by atoms with van der Waals surface area (Å²) in [6.45, 7) is 1.61. The van der Waals surface area contributed by atoms with Gasteiger partial charge in [0.05, 0.1) is 0 Å². The van der Waals surface area contributed by atoms with Gasteiger partial charge in [-0.15, -0.1) is 0 Å². The monoisotopic (exact) mass is 121 g/mol. The van der Waals surface area contributed by atoms with Crippen molar-refractivity contribution in [2.75, 3.05) is 0 Å². The minimum absolute atomic E-state index is 0.447. The largest absolute Gasteiger partial charge is 0.285 e. The summed E-state index contributed by atoms with van der Waals surface area (Å²) in [5.74, 6) is -0.993. The average Bonchev–Trinajstić information content (AvgIpc) is 1.83. The van der Waals surface area contributed by atoms with Crippen molar-refractivity contribution < 1.29 is 9.59 Å². The topological polar surface area (TPSA) is 34.1 Å². The molecule has 1 rings (SSSR count). The quantitative estimate of drug-likeness (QED) is 0.344. The number of carbonyl (C=O) groups excluding carboxylic acids is 2. The van der Waals surface area contributed by atoms with Crippen molar-refractivity contribution in [3.63, 3.8) is 0 Å². The molecule has 0 heterocycles. The van der Waals surface area contributed by atoms with Gasteiger partial charge >= 0.3 is 0 Å². The lowest BCUT2D eigenvalue weighted by Gasteiger charge is -1.96. The minimum Gasteiger partial charge on any atom is -0.285 e. The van der Waals surface area contributed by atoms with E-state index in [1.807, 2.05) is 0 Å². The molecule has 0 unspecified atom stereocenters. The van der Waals surface area contributed by atoms with Gasteiger partial charge in [0.25, 0.3) is 0 Å². The zero-order valence-corrected chi connectivity index (χ0v) is 4.97. The van der Waals surface area contributed by atoms with E-state index in [0.717, 1.165) is 0 Å². The van der Waals surface area contributed by atoms with Crippen LogP contribution >= 0.6 is 0 Å². The Morgan fingerprint density at radius 3 is 2.56 bits per heavy atom. The summed E-state index contributed by atoms with van der Waals surface area (Å²) in [6, 6.07) is 0. The predicted octanol–water partition coefficient (Wildman–Crippen LogP) is 0.444. The van der Waals surface area contributed by atoms with Crippen LogP contribution in [0.3, 0.4) is 0 Å². The lowest BCUT2D eigenvalue weighted by Crippen LogP contribution is -2.14. The molecule has 0 bridgehead atoms. The first-order valence-corrected chi connectivity index (χ1v) is 2.57. The molecule has 0 fully saturated rings. The molecule has 2 heteroatoms. The third-order valence-electron chi connectivity index (χ3n) is 1.11. The third-order valence-corrected chi connectivity index (χ3v) is 1.11. The summed E-state index contributed by atoms with van der Waals surface area (Å²) < 4.78 is 0. The summed E-state index contributed by atoms with van der Waals surface area (Å²) in [6.07, 6.45) is 5.30. The number of rotatable bonds is 0.